The van der Waals surface area contributed by atoms with Crippen LogP contribution >= 0.6 is 0 Å². The molecule has 11 aromatic rings. The Morgan fingerprint density at radius 2 is 0.891 bits per heavy atom. The molecule has 0 N–H and O–H groups in total. The normalized spacial score (nSPS) is 12.9. The van der Waals surface area contributed by atoms with Gasteiger partial charge in [-0.2, -0.15) is 0 Å². The third-order valence-electron chi connectivity index (χ3n) is 13.1. The Morgan fingerprint density at radius 1 is 0.312 bits per heavy atom. The lowest BCUT2D eigenvalue weighted by atomic mass is 9.66. The van der Waals surface area contributed by atoms with Gasteiger partial charge in [0.05, 0.1) is 28.0 Å². The van der Waals surface area contributed by atoms with Gasteiger partial charge in [-0.1, -0.05) is 182 Å². The summed E-state index contributed by atoms with van der Waals surface area (Å²) < 4.78 is 6.63. The third-order valence-corrected chi connectivity index (χ3v) is 13.1. The molecule has 0 bridgehead atoms. The van der Waals surface area contributed by atoms with Crippen molar-refractivity contribution in [2.45, 2.75) is 5.41 Å². The van der Waals surface area contributed by atoms with Crippen molar-refractivity contribution in [2.75, 3.05) is 0 Å². The highest BCUT2D eigenvalue weighted by molar-refractivity contribution is 6.13. The smallest absolute Gasteiger partial charge is 0.160 e. The molecule has 9 aromatic carbocycles. The van der Waals surface area contributed by atoms with E-state index in [1.807, 2.05) is 36.4 Å². The summed E-state index contributed by atoms with van der Waals surface area (Å²) in [5.74, 6) is 2.48. The minimum absolute atomic E-state index is 0.551. The number of hydrogen-bond acceptors (Lipinski definition) is 4. The second-order valence-corrected chi connectivity index (χ2v) is 16.7. The van der Waals surface area contributed by atoms with Crippen molar-refractivity contribution in [3.05, 3.63) is 247 Å². The van der Waals surface area contributed by atoms with Gasteiger partial charge in [0.2, 0.25) is 0 Å². The summed E-state index contributed by atoms with van der Waals surface area (Å²) in [7, 11) is 0. The predicted molar refractivity (Wildman–Crippen MR) is 259 cm³/mol. The summed E-state index contributed by atoms with van der Waals surface area (Å²) in [6, 6.07) is 79.5. The van der Waals surface area contributed by atoms with E-state index in [-0.39, 0.29) is 0 Å². The van der Waals surface area contributed by atoms with Gasteiger partial charge >= 0.3 is 0 Å². The maximum absolute atomic E-state index is 6.63. The molecule has 1 spiro atoms. The number of hydrogen-bond donors (Lipinski definition) is 0. The van der Waals surface area contributed by atoms with Gasteiger partial charge in [-0.15, -0.1) is 0 Å². The van der Waals surface area contributed by atoms with E-state index in [1.165, 1.54) is 27.6 Å². The van der Waals surface area contributed by atoms with Crippen LogP contribution in [0.25, 0.3) is 89.1 Å². The van der Waals surface area contributed by atoms with Crippen LogP contribution in [0.5, 0.6) is 11.5 Å². The molecule has 0 amide bonds. The fourth-order valence-electron chi connectivity index (χ4n) is 10.3. The molecule has 13 rings (SSSR count). The van der Waals surface area contributed by atoms with Gasteiger partial charge in [-0.3, -0.25) is 0 Å². The fourth-order valence-corrected chi connectivity index (χ4v) is 10.3. The first-order valence-electron chi connectivity index (χ1n) is 21.8. The molecule has 298 valence electrons. The summed E-state index contributed by atoms with van der Waals surface area (Å²) in [6.07, 6.45) is 0. The number of fused-ring (bicyclic) bond motifs is 12. The molecule has 0 saturated heterocycles. The van der Waals surface area contributed by atoms with Crippen molar-refractivity contribution in [1.82, 2.24) is 15.0 Å². The molecule has 0 atom stereocenters. The molecule has 4 nitrogen and oxygen atoms in total. The maximum Gasteiger partial charge on any atom is 0.160 e. The number of para-hydroxylation sites is 3. The van der Waals surface area contributed by atoms with E-state index >= 15 is 0 Å². The van der Waals surface area contributed by atoms with Crippen LogP contribution in [0.3, 0.4) is 0 Å². The zero-order valence-corrected chi connectivity index (χ0v) is 34.6. The van der Waals surface area contributed by atoms with Gasteiger partial charge in [-0.05, 0) is 81.2 Å². The Labute approximate surface area is 370 Å². The van der Waals surface area contributed by atoms with Gasteiger partial charge in [0.15, 0.2) is 5.82 Å². The zero-order chi connectivity index (χ0) is 42.2. The maximum atomic E-state index is 6.63. The van der Waals surface area contributed by atoms with Crippen LogP contribution in [0.1, 0.15) is 22.3 Å². The van der Waals surface area contributed by atoms with Crippen LogP contribution in [-0.4, -0.2) is 15.0 Å². The van der Waals surface area contributed by atoms with Crippen LogP contribution in [0, 0.1) is 0 Å². The second kappa shape index (κ2) is 14.3. The molecule has 3 heterocycles. The van der Waals surface area contributed by atoms with Crippen molar-refractivity contribution in [3.8, 4) is 78.9 Å². The molecule has 2 aromatic heterocycles. The zero-order valence-electron chi connectivity index (χ0n) is 34.6. The lowest BCUT2D eigenvalue weighted by Crippen LogP contribution is -2.32. The fraction of sp³-hybridized carbons (Fsp3) is 0.0167. The number of pyridine rings is 1. The topological polar surface area (TPSA) is 47.9 Å². The number of aromatic nitrogens is 3. The highest BCUT2D eigenvalue weighted by Crippen LogP contribution is 2.62. The number of benzene rings is 9. The molecule has 0 fully saturated rings. The van der Waals surface area contributed by atoms with Crippen LogP contribution in [0.4, 0.5) is 0 Å². The molecule has 2 aliphatic rings. The molecule has 0 radical (unpaired) electrons. The summed E-state index contributed by atoms with van der Waals surface area (Å²) in [5.41, 5.74) is 16.8. The first-order valence-corrected chi connectivity index (χ1v) is 21.8. The van der Waals surface area contributed by atoms with Gasteiger partial charge in [0.1, 0.15) is 11.5 Å². The van der Waals surface area contributed by atoms with Gasteiger partial charge in [0.25, 0.3) is 0 Å². The standard InChI is InChI=1S/C60H37N3O/c1-3-16-39(17-4-1)54-37-55(63-59(62-54)41-18-5-2-6-19-41)43-21-15-20-42(34-43)38-30-32-40(33-31-38)58-48-35-47-44-22-7-9-24-49(44)60(52(47)36-46(48)45-23-8-12-27-53(45)61-58)50-25-10-13-28-56(50)64-57-29-14-11-26-51(57)60/h1-37H. The van der Waals surface area contributed by atoms with Gasteiger partial charge in [-0.25, -0.2) is 15.0 Å². The molecule has 0 unspecified atom stereocenters. The van der Waals surface area contributed by atoms with Crippen LogP contribution in [0.2, 0.25) is 0 Å². The average molecular weight is 816 g/mol. The van der Waals surface area contributed by atoms with Crippen LogP contribution in [0.15, 0.2) is 224 Å². The highest BCUT2D eigenvalue weighted by Gasteiger charge is 2.51. The van der Waals surface area contributed by atoms with E-state index in [9.17, 15) is 0 Å². The highest BCUT2D eigenvalue weighted by atomic mass is 16.5. The van der Waals surface area contributed by atoms with Gasteiger partial charge < -0.3 is 4.74 Å². The van der Waals surface area contributed by atoms with E-state index in [0.29, 0.717) is 5.82 Å². The van der Waals surface area contributed by atoms with Crippen molar-refractivity contribution in [1.29, 1.82) is 0 Å². The minimum Gasteiger partial charge on any atom is -0.457 e. The summed E-state index contributed by atoms with van der Waals surface area (Å²) in [5, 5.41) is 3.44. The Morgan fingerprint density at radius 3 is 1.64 bits per heavy atom. The lowest BCUT2D eigenvalue weighted by molar-refractivity contribution is 0.436. The van der Waals surface area contributed by atoms with Gasteiger partial charge in [0, 0.05) is 44.2 Å². The Balaban J connectivity index is 0.952. The first kappa shape index (κ1) is 36.2. The SMILES string of the molecule is c1ccc(-c2cc(-c3cccc(-c4ccc(-c5nc6ccccc6c6cc7c(cc56)-c5ccccc5C75c6ccccc6Oc6ccccc65)cc4)c3)nc(-c3ccccc3)n2)cc1. The number of rotatable bonds is 5. The quantitative estimate of drug-likeness (QED) is 0.162. The Hall–Kier alpha value is -8.47. The summed E-state index contributed by atoms with van der Waals surface area (Å²) in [4.78, 5) is 15.5. The van der Waals surface area contributed by atoms with E-state index in [2.05, 4.69) is 188 Å². The Bertz CT molecular complexity index is 3530. The number of ether oxygens (including phenoxy) is 1. The van der Waals surface area contributed by atoms with Crippen molar-refractivity contribution in [2.24, 2.45) is 0 Å². The second-order valence-electron chi connectivity index (χ2n) is 16.7. The van der Waals surface area contributed by atoms with E-state index in [1.54, 1.807) is 0 Å². The molecule has 0 saturated carbocycles. The lowest BCUT2D eigenvalue weighted by Gasteiger charge is -2.39. The number of nitrogens with zero attached hydrogens (tertiary/aromatic N) is 3. The summed E-state index contributed by atoms with van der Waals surface area (Å²) in [6.45, 7) is 0. The largest absolute Gasteiger partial charge is 0.457 e. The third kappa shape index (κ3) is 5.52. The molecular formula is C60H37N3O. The minimum atomic E-state index is -0.551. The van der Waals surface area contributed by atoms with Crippen molar-refractivity contribution < 1.29 is 4.74 Å². The Kier molecular flexibility index (Phi) is 8.09. The van der Waals surface area contributed by atoms with Crippen molar-refractivity contribution in [3.63, 3.8) is 0 Å². The van der Waals surface area contributed by atoms with Crippen LogP contribution < -0.4 is 4.74 Å². The molecule has 4 heteroatoms. The average Bonchev–Trinajstić information content (AvgIpc) is 3.65. The van der Waals surface area contributed by atoms with E-state index in [0.717, 1.165) is 89.4 Å². The molecule has 1 aliphatic carbocycles. The predicted octanol–water partition coefficient (Wildman–Crippen LogP) is 15.0. The molecular weight excluding hydrogens is 779 g/mol. The van der Waals surface area contributed by atoms with E-state index < -0.39 is 5.41 Å². The molecule has 1 aliphatic heterocycles. The molecule has 64 heavy (non-hydrogen) atoms. The summed E-state index contributed by atoms with van der Waals surface area (Å²) >= 11 is 0. The first-order chi connectivity index (χ1) is 31.7. The monoisotopic (exact) mass is 815 g/mol. The van der Waals surface area contributed by atoms with E-state index in [4.69, 9.17) is 19.7 Å². The van der Waals surface area contributed by atoms with Crippen LogP contribution in [-0.2, 0) is 5.41 Å². The van der Waals surface area contributed by atoms with Crippen molar-refractivity contribution >= 4 is 21.7 Å².